The molecule has 1 saturated heterocycles. The number of benzene rings is 1. The highest BCUT2D eigenvalue weighted by Crippen LogP contribution is 2.28. The predicted octanol–water partition coefficient (Wildman–Crippen LogP) is 3.85. The van der Waals surface area contributed by atoms with Gasteiger partial charge in [-0.05, 0) is 42.0 Å². The summed E-state index contributed by atoms with van der Waals surface area (Å²) in [5.74, 6) is 3.21. The van der Waals surface area contributed by atoms with Crippen molar-refractivity contribution in [2.45, 2.75) is 19.8 Å². The van der Waals surface area contributed by atoms with Gasteiger partial charge in [-0.25, -0.2) is 0 Å². The van der Waals surface area contributed by atoms with Crippen LogP contribution < -0.4 is 10.6 Å². The number of hydrogen-bond acceptors (Lipinski definition) is 3. The van der Waals surface area contributed by atoms with Crippen LogP contribution in [0.15, 0.2) is 18.2 Å². The van der Waals surface area contributed by atoms with Crippen LogP contribution in [0.4, 0.5) is 11.4 Å². The standard InChI is InChI=1S/C14H19ClN2OS/c1-2-14(18)17-11-3-4-12(15)13(7-11)16-8-10-5-6-19-9-10/h3-4,7,10,16H,2,5-6,8-9H2,1H3,(H,17,18). The highest BCUT2D eigenvalue weighted by molar-refractivity contribution is 7.99. The summed E-state index contributed by atoms with van der Waals surface area (Å²) in [6.07, 6.45) is 1.74. The van der Waals surface area contributed by atoms with Crippen molar-refractivity contribution in [3.63, 3.8) is 0 Å². The molecule has 104 valence electrons. The Balaban J connectivity index is 1.97. The quantitative estimate of drug-likeness (QED) is 0.867. The normalized spacial score (nSPS) is 18.3. The Bertz CT molecular complexity index is 447. The molecule has 5 heteroatoms. The maximum atomic E-state index is 11.4. The summed E-state index contributed by atoms with van der Waals surface area (Å²) in [5.41, 5.74) is 1.69. The third-order valence-electron chi connectivity index (χ3n) is 3.18. The van der Waals surface area contributed by atoms with Crippen LogP contribution in [0.5, 0.6) is 0 Å². The summed E-state index contributed by atoms with van der Waals surface area (Å²) in [5, 5.41) is 6.93. The van der Waals surface area contributed by atoms with Crippen LogP contribution >= 0.6 is 23.4 Å². The van der Waals surface area contributed by atoms with Crippen molar-refractivity contribution in [1.29, 1.82) is 0 Å². The Labute approximate surface area is 123 Å². The third-order valence-corrected chi connectivity index (χ3v) is 4.74. The maximum absolute atomic E-state index is 11.4. The minimum atomic E-state index is 0.0143. The van der Waals surface area contributed by atoms with E-state index in [1.165, 1.54) is 17.9 Å². The van der Waals surface area contributed by atoms with Crippen molar-refractivity contribution >= 4 is 40.6 Å². The van der Waals surface area contributed by atoms with Crippen molar-refractivity contribution in [2.75, 3.05) is 28.7 Å². The van der Waals surface area contributed by atoms with Gasteiger partial charge in [0, 0.05) is 18.7 Å². The highest BCUT2D eigenvalue weighted by atomic mass is 35.5. The minimum absolute atomic E-state index is 0.0143. The van der Waals surface area contributed by atoms with E-state index >= 15 is 0 Å². The molecule has 0 spiro atoms. The average molecular weight is 299 g/mol. The number of carbonyl (C=O) groups is 1. The summed E-state index contributed by atoms with van der Waals surface area (Å²) >= 11 is 8.18. The molecule has 1 aromatic carbocycles. The van der Waals surface area contributed by atoms with Gasteiger partial charge in [-0.3, -0.25) is 4.79 Å². The monoisotopic (exact) mass is 298 g/mol. The molecule has 0 aliphatic carbocycles. The molecular weight excluding hydrogens is 280 g/mol. The van der Waals surface area contributed by atoms with Gasteiger partial charge < -0.3 is 10.6 Å². The Morgan fingerprint density at radius 2 is 2.37 bits per heavy atom. The summed E-state index contributed by atoms with van der Waals surface area (Å²) in [6.45, 7) is 2.78. The molecule has 0 radical (unpaired) electrons. The van der Waals surface area contributed by atoms with Crippen LogP contribution in [0.1, 0.15) is 19.8 Å². The van der Waals surface area contributed by atoms with Crippen molar-refractivity contribution < 1.29 is 4.79 Å². The fourth-order valence-corrected chi connectivity index (χ4v) is 3.46. The lowest BCUT2D eigenvalue weighted by Gasteiger charge is -2.14. The van der Waals surface area contributed by atoms with Crippen LogP contribution in [-0.2, 0) is 4.79 Å². The molecule has 1 aliphatic heterocycles. The number of halogens is 1. The fourth-order valence-electron chi connectivity index (χ4n) is 1.99. The Hall–Kier alpha value is -0.870. The van der Waals surface area contributed by atoms with Gasteiger partial charge in [-0.15, -0.1) is 0 Å². The van der Waals surface area contributed by atoms with Crippen LogP contribution in [0.2, 0.25) is 5.02 Å². The zero-order valence-electron chi connectivity index (χ0n) is 11.0. The van der Waals surface area contributed by atoms with Crippen LogP contribution in [0.25, 0.3) is 0 Å². The summed E-state index contributed by atoms with van der Waals surface area (Å²) in [7, 11) is 0. The van der Waals surface area contributed by atoms with E-state index in [0.29, 0.717) is 11.4 Å². The van der Waals surface area contributed by atoms with Gasteiger partial charge >= 0.3 is 0 Å². The molecule has 1 atom stereocenters. The molecule has 3 nitrogen and oxygen atoms in total. The topological polar surface area (TPSA) is 41.1 Å². The van der Waals surface area contributed by atoms with E-state index in [-0.39, 0.29) is 5.91 Å². The molecule has 2 N–H and O–H groups in total. The zero-order chi connectivity index (χ0) is 13.7. The van der Waals surface area contributed by atoms with E-state index in [9.17, 15) is 4.79 Å². The van der Waals surface area contributed by atoms with Crippen molar-refractivity contribution in [3.8, 4) is 0 Å². The molecule has 0 bridgehead atoms. The molecule has 1 aliphatic rings. The number of rotatable bonds is 5. The van der Waals surface area contributed by atoms with Gasteiger partial charge in [0.05, 0.1) is 10.7 Å². The van der Waals surface area contributed by atoms with E-state index in [4.69, 9.17) is 11.6 Å². The molecule has 1 fully saturated rings. The molecule has 1 unspecified atom stereocenters. The largest absolute Gasteiger partial charge is 0.383 e. The Morgan fingerprint density at radius 3 is 3.05 bits per heavy atom. The molecule has 0 aromatic heterocycles. The number of hydrogen-bond donors (Lipinski definition) is 2. The number of anilines is 2. The first kappa shape index (κ1) is 14.5. The molecular formula is C14H19ClN2OS. The van der Waals surface area contributed by atoms with Crippen molar-refractivity contribution in [1.82, 2.24) is 0 Å². The van der Waals surface area contributed by atoms with E-state index in [2.05, 4.69) is 10.6 Å². The second-order valence-corrected chi connectivity index (χ2v) is 6.26. The molecule has 2 rings (SSSR count). The van der Waals surface area contributed by atoms with Crippen molar-refractivity contribution in [3.05, 3.63) is 23.2 Å². The second-order valence-electron chi connectivity index (χ2n) is 4.71. The van der Waals surface area contributed by atoms with Crippen LogP contribution in [0.3, 0.4) is 0 Å². The SMILES string of the molecule is CCC(=O)Nc1ccc(Cl)c(NCC2CCSC2)c1. The minimum Gasteiger partial charge on any atom is -0.383 e. The van der Waals surface area contributed by atoms with Gasteiger partial charge in [0.15, 0.2) is 0 Å². The van der Waals surface area contributed by atoms with Gasteiger partial charge in [-0.2, -0.15) is 11.8 Å². The third kappa shape index (κ3) is 4.32. The number of nitrogens with one attached hydrogen (secondary N) is 2. The van der Waals surface area contributed by atoms with Crippen molar-refractivity contribution in [2.24, 2.45) is 5.92 Å². The summed E-state index contributed by atoms with van der Waals surface area (Å²) in [6, 6.07) is 5.54. The lowest BCUT2D eigenvalue weighted by molar-refractivity contribution is -0.115. The molecule has 1 amide bonds. The lowest BCUT2D eigenvalue weighted by atomic mass is 10.1. The van der Waals surface area contributed by atoms with E-state index < -0.39 is 0 Å². The maximum Gasteiger partial charge on any atom is 0.224 e. The number of amides is 1. The molecule has 1 aromatic rings. The van der Waals surface area contributed by atoms with Crippen LogP contribution in [0, 0.1) is 5.92 Å². The average Bonchev–Trinajstić information content (AvgIpc) is 2.92. The molecule has 1 heterocycles. The van der Waals surface area contributed by atoms with E-state index in [1.807, 2.05) is 36.9 Å². The second kappa shape index (κ2) is 7.06. The fraction of sp³-hybridized carbons (Fsp3) is 0.500. The van der Waals surface area contributed by atoms with Gasteiger partial charge in [0.2, 0.25) is 5.91 Å². The Morgan fingerprint density at radius 1 is 1.53 bits per heavy atom. The van der Waals surface area contributed by atoms with Gasteiger partial charge in [-0.1, -0.05) is 18.5 Å². The lowest BCUT2D eigenvalue weighted by Crippen LogP contribution is -2.14. The summed E-state index contributed by atoms with van der Waals surface area (Å²) in [4.78, 5) is 11.4. The number of thioether (sulfide) groups is 1. The van der Waals surface area contributed by atoms with Gasteiger partial charge in [0.1, 0.15) is 0 Å². The first-order valence-electron chi connectivity index (χ1n) is 6.60. The Kier molecular flexibility index (Phi) is 5.40. The van der Waals surface area contributed by atoms with Gasteiger partial charge in [0.25, 0.3) is 0 Å². The van der Waals surface area contributed by atoms with E-state index in [1.54, 1.807) is 0 Å². The number of carbonyl (C=O) groups excluding carboxylic acids is 1. The zero-order valence-corrected chi connectivity index (χ0v) is 12.6. The molecule has 19 heavy (non-hydrogen) atoms. The van der Waals surface area contributed by atoms with Crippen LogP contribution in [-0.4, -0.2) is 24.0 Å². The first-order chi connectivity index (χ1) is 9.19. The highest BCUT2D eigenvalue weighted by Gasteiger charge is 2.15. The predicted molar refractivity (Wildman–Crippen MR) is 84.3 cm³/mol. The van der Waals surface area contributed by atoms with E-state index in [0.717, 1.165) is 23.8 Å². The summed E-state index contributed by atoms with van der Waals surface area (Å²) < 4.78 is 0. The smallest absolute Gasteiger partial charge is 0.224 e. The molecule has 0 saturated carbocycles. The first-order valence-corrected chi connectivity index (χ1v) is 8.13.